The molecule has 1 heterocycles. The number of rotatable bonds is 3. The molecule has 0 aliphatic carbocycles. The first-order valence-electron chi connectivity index (χ1n) is 3.37. The minimum Gasteiger partial charge on any atom is -0.497 e. The van der Waals surface area contributed by atoms with Crippen LogP contribution in [-0.2, 0) is 0 Å². The van der Waals surface area contributed by atoms with Crippen LogP contribution >= 0.6 is 32.9 Å². The normalized spacial score (nSPS) is 8.77. The Balaban J connectivity index is 0.00000144. The number of carbonyl (C=O) groups excluding carboxylic acids is 1. The zero-order valence-corrected chi connectivity index (χ0v) is 10.3. The number of carbonyl (C=O) groups is 1. The molecule has 5 heteroatoms. The molecule has 0 saturated carbocycles. The summed E-state index contributed by atoms with van der Waals surface area (Å²) in [5.74, 6) is 0.600. The maximum Gasteiger partial charge on any atom is 0.191 e. The van der Waals surface area contributed by atoms with Crippen molar-refractivity contribution in [2.75, 3.05) is 12.4 Å². The van der Waals surface area contributed by atoms with Crippen molar-refractivity contribution in [3.05, 3.63) is 24.0 Å². The van der Waals surface area contributed by atoms with Crippen LogP contribution < -0.4 is 4.74 Å². The highest BCUT2D eigenvalue weighted by Gasteiger charge is 2.05. The third-order valence-electron chi connectivity index (χ3n) is 1.37. The lowest BCUT2D eigenvalue weighted by Crippen LogP contribution is -2.02. The number of aromatic nitrogens is 1. The van der Waals surface area contributed by atoms with E-state index in [1.807, 2.05) is 0 Å². The van der Waals surface area contributed by atoms with Crippen molar-refractivity contribution in [1.29, 1.82) is 0 Å². The number of halogens is 2. The summed E-state index contributed by atoms with van der Waals surface area (Å²) in [4.78, 5) is 15.0. The fourth-order valence-electron chi connectivity index (χ4n) is 0.759. The van der Waals surface area contributed by atoms with Crippen LogP contribution in [-0.4, -0.2) is 23.2 Å². The molecule has 0 fully saturated rings. The summed E-state index contributed by atoms with van der Waals surface area (Å²) in [6.45, 7) is 0. The van der Waals surface area contributed by atoms with Crippen molar-refractivity contribution < 1.29 is 9.53 Å². The van der Waals surface area contributed by atoms with Crippen LogP contribution in [0.25, 0.3) is 0 Å². The summed E-state index contributed by atoms with van der Waals surface area (Å²) in [6, 6.07) is 3.31. The molecule has 0 N–H and O–H groups in total. The van der Waals surface area contributed by atoms with E-state index < -0.39 is 0 Å². The molecule has 0 radical (unpaired) electrons. The van der Waals surface area contributed by atoms with Crippen molar-refractivity contribution >= 4 is 38.7 Å². The average Bonchev–Trinajstić information content (AvgIpc) is 2.17. The molecule has 0 spiro atoms. The highest BCUT2D eigenvalue weighted by atomic mass is 79.9. The van der Waals surface area contributed by atoms with Gasteiger partial charge in [-0.2, -0.15) is 0 Å². The molecule has 0 aliphatic rings. The van der Waals surface area contributed by atoms with Crippen molar-refractivity contribution in [2.24, 2.45) is 0 Å². The van der Waals surface area contributed by atoms with Gasteiger partial charge in [0.15, 0.2) is 5.78 Å². The number of Topliss-reactive ketones (excluding diaryl/α,β-unsaturated/α-hetero) is 1. The lowest BCUT2D eigenvalue weighted by Gasteiger charge is -2.00. The third kappa shape index (κ3) is 3.44. The largest absolute Gasteiger partial charge is 0.497 e. The van der Waals surface area contributed by atoms with E-state index >= 15 is 0 Å². The number of ketones is 1. The van der Waals surface area contributed by atoms with Crippen molar-refractivity contribution in [2.45, 2.75) is 0 Å². The molecule has 3 nitrogen and oxygen atoms in total. The number of nitrogens with zero attached hydrogens (tertiary/aromatic N) is 1. The summed E-state index contributed by atoms with van der Waals surface area (Å²) < 4.78 is 4.94. The fraction of sp³-hybridized carbons (Fsp3) is 0.250. The second kappa shape index (κ2) is 6.10. The second-order valence-corrected chi connectivity index (χ2v) is 2.70. The van der Waals surface area contributed by atoms with Crippen LogP contribution in [0.15, 0.2) is 18.3 Å². The molecule has 72 valence electrons. The predicted octanol–water partition coefficient (Wildman–Crippen LogP) is 2.25. The molecular weight excluding hydrogens is 302 g/mol. The number of hydrogen-bond donors (Lipinski definition) is 0. The Morgan fingerprint density at radius 3 is 2.92 bits per heavy atom. The summed E-state index contributed by atoms with van der Waals surface area (Å²) in [5, 5.41) is 0.285. The molecular formula is C8H9Br2NO2. The number of alkyl halides is 1. The SMILES string of the molecule is Br.COc1ccnc(C(=O)CBr)c1. The molecule has 0 aromatic carbocycles. The molecule has 1 aromatic heterocycles. The van der Waals surface area contributed by atoms with Gasteiger partial charge >= 0.3 is 0 Å². The van der Waals surface area contributed by atoms with E-state index in [4.69, 9.17) is 4.74 Å². The Labute approximate surface area is 95.4 Å². The highest BCUT2D eigenvalue weighted by molar-refractivity contribution is 9.09. The molecule has 13 heavy (non-hydrogen) atoms. The zero-order chi connectivity index (χ0) is 8.97. The van der Waals surface area contributed by atoms with Gasteiger partial charge in [-0.05, 0) is 6.07 Å². The number of pyridine rings is 1. The van der Waals surface area contributed by atoms with Crippen LogP contribution in [0.1, 0.15) is 10.5 Å². The van der Waals surface area contributed by atoms with Gasteiger partial charge in [0.25, 0.3) is 0 Å². The van der Waals surface area contributed by atoms with Gasteiger partial charge < -0.3 is 4.74 Å². The maximum absolute atomic E-state index is 11.1. The van der Waals surface area contributed by atoms with Gasteiger partial charge in [0.2, 0.25) is 0 Å². The first kappa shape index (κ1) is 12.6. The summed E-state index contributed by atoms with van der Waals surface area (Å²) in [5.41, 5.74) is 0.422. The Morgan fingerprint density at radius 2 is 2.38 bits per heavy atom. The first-order valence-corrected chi connectivity index (χ1v) is 4.49. The van der Waals surface area contributed by atoms with E-state index in [2.05, 4.69) is 20.9 Å². The predicted molar refractivity (Wildman–Crippen MR) is 59.2 cm³/mol. The van der Waals surface area contributed by atoms with E-state index in [0.29, 0.717) is 11.4 Å². The number of ether oxygens (including phenoxy) is 1. The van der Waals surface area contributed by atoms with E-state index in [1.165, 1.54) is 0 Å². The van der Waals surface area contributed by atoms with Gasteiger partial charge in [-0.3, -0.25) is 9.78 Å². The van der Waals surface area contributed by atoms with Gasteiger partial charge in [-0.15, -0.1) is 17.0 Å². The second-order valence-electron chi connectivity index (χ2n) is 2.14. The quantitative estimate of drug-likeness (QED) is 0.635. The maximum atomic E-state index is 11.1. The van der Waals surface area contributed by atoms with Crippen LogP contribution in [0, 0.1) is 0 Å². The zero-order valence-electron chi connectivity index (χ0n) is 6.99. The van der Waals surface area contributed by atoms with Crippen molar-refractivity contribution in [3.63, 3.8) is 0 Å². The fourth-order valence-corrected chi connectivity index (χ4v) is 1.05. The lowest BCUT2D eigenvalue weighted by molar-refractivity contribution is 0.101. The molecule has 0 aliphatic heterocycles. The summed E-state index contributed by atoms with van der Waals surface area (Å²) in [6.07, 6.45) is 1.55. The van der Waals surface area contributed by atoms with E-state index in [-0.39, 0.29) is 28.1 Å². The lowest BCUT2D eigenvalue weighted by atomic mass is 10.3. The topological polar surface area (TPSA) is 39.2 Å². The smallest absolute Gasteiger partial charge is 0.191 e. The van der Waals surface area contributed by atoms with Gasteiger partial charge in [0, 0.05) is 12.3 Å². The monoisotopic (exact) mass is 309 g/mol. The van der Waals surface area contributed by atoms with Gasteiger partial charge in [0.05, 0.1) is 12.4 Å². The molecule has 0 unspecified atom stereocenters. The minimum absolute atomic E-state index is 0. The van der Waals surface area contributed by atoms with Crippen molar-refractivity contribution in [3.8, 4) is 5.75 Å². The van der Waals surface area contributed by atoms with Gasteiger partial charge in [-0.25, -0.2) is 0 Å². The Hall–Kier alpha value is -0.420. The Bertz CT molecular complexity index is 291. The average molecular weight is 311 g/mol. The van der Waals surface area contributed by atoms with E-state index in [0.717, 1.165) is 0 Å². The Kier molecular flexibility index (Phi) is 5.90. The van der Waals surface area contributed by atoms with Gasteiger partial charge in [-0.1, -0.05) is 15.9 Å². The molecule has 0 atom stereocenters. The van der Waals surface area contributed by atoms with Crippen LogP contribution in [0.4, 0.5) is 0 Å². The van der Waals surface area contributed by atoms with Crippen LogP contribution in [0.2, 0.25) is 0 Å². The molecule has 1 rings (SSSR count). The van der Waals surface area contributed by atoms with E-state index in [9.17, 15) is 4.79 Å². The Morgan fingerprint density at radius 1 is 1.69 bits per heavy atom. The highest BCUT2D eigenvalue weighted by Crippen LogP contribution is 2.10. The summed E-state index contributed by atoms with van der Waals surface area (Å²) in [7, 11) is 1.55. The molecule has 1 aromatic rings. The molecule has 0 amide bonds. The third-order valence-corrected chi connectivity index (χ3v) is 1.88. The standard InChI is InChI=1S/C8H8BrNO2.BrH/c1-12-6-2-3-10-7(4-6)8(11)5-9;/h2-4H,5H2,1H3;1H. The minimum atomic E-state index is -0.0473. The van der Waals surface area contributed by atoms with Crippen molar-refractivity contribution in [1.82, 2.24) is 4.98 Å². The number of hydrogen-bond acceptors (Lipinski definition) is 3. The first-order chi connectivity index (χ1) is 5.77. The van der Waals surface area contributed by atoms with Crippen LogP contribution in [0.5, 0.6) is 5.75 Å². The number of methoxy groups -OCH3 is 1. The van der Waals surface area contributed by atoms with E-state index in [1.54, 1.807) is 25.4 Å². The summed E-state index contributed by atoms with van der Waals surface area (Å²) >= 11 is 3.07. The van der Waals surface area contributed by atoms with Crippen LogP contribution in [0.3, 0.4) is 0 Å². The molecule has 0 saturated heterocycles. The van der Waals surface area contributed by atoms with Gasteiger partial charge in [0.1, 0.15) is 11.4 Å². The molecule has 0 bridgehead atoms.